The molecule has 2 aromatic rings. The molecule has 0 bridgehead atoms. The van der Waals surface area contributed by atoms with E-state index in [1.165, 1.54) is 0 Å². The fourth-order valence-electron chi connectivity index (χ4n) is 2.88. The summed E-state index contributed by atoms with van der Waals surface area (Å²) in [6.07, 6.45) is 3.78. The van der Waals surface area contributed by atoms with Gasteiger partial charge in [0, 0.05) is 16.5 Å². The molecule has 3 nitrogen and oxygen atoms in total. The minimum atomic E-state index is 0.273. The molecule has 0 aliphatic heterocycles. The Morgan fingerprint density at radius 3 is 2.33 bits per heavy atom. The van der Waals surface area contributed by atoms with Crippen LogP contribution in [0.2, 0.25) is 0 Å². The van der Waals surface area contributed by atoms with Gasteiger partial charge in [0.15, 0.2) is 0 Å². The molecular weight excluding hydrogens is 228 g/mol. The molecule has 0 saturated carbocycles. The van der Waals surface area contributed by atoms with Crippen molar-refractivity contribution >= 4 is 10.8 Å². The second-order valence-electron chi connectivity index (χ2n) is 4.74. The largest absolute Gasteiger partial charge is 0.507 e. The van der Waals surface area contributed by atoms with E-state index in [9.17, 15) is 10.2 Å². The molecule has 2 N–H and O–H groups in total. The predicted octanol–water partition coefficient (Wildman–Crippen LogP) is 3.14. The Hall–Kier alpha value is -1.90. The summed E-state index contributed by atoms with van der Waals surface area (Å²) in [4.78, 5) is 0. The number of aromatic hydroxyl groups is 2. The van der Waals surface area contributed by atoms with Gasteiger partial charge in [0.25, 0.3) is 0 Å². The molecule has 0 aromatic heterocycles. The predicted molar refractivity (Wildman–Crippen MR) is 70.5 cm³/mol. The normalized spacial score (nSPS) is 14.5. The third-order valence-corrected chi connectivity index (χ3v) is 3.78. The average Bonchev–Trinajstić information content (AvgIpc) is 2.44. The smallest absolute Gasteiger partial charge is 0.130 e. The molecule has 0 spiro atoms. The number of benzene rings is 2. The van der Waals surface area contributed by atoms with Crippen molar-refractivity contribution in [2.24, 2.45) is 0 Å². The van der Waals surface area contributed by atoms with E-state index in [4.69, 9.17) is 4.74 Å². The molecule has 3 heteroatoms. The first kappa shape index (κ1) is 11.2. The zero-order valence-corrected chi connectivity index (χ0v) is 10.4. The lowest BCUT2D eigenvalue weighted by Crippen LogP contribution is -2.04. The molecular formula is C15H16O3. The summed E-state index contributed by atoms with van der Waals surface area (Å²) in [6, 6.07) is 5.45. The van der Waals surface area contributed by atoms with Crippen molar-refractivity contribution in [2.45, 2.75) is 25.7 Å². The van der Waals surface area contributed by atoms with Gasteiger partial charge in [-0.3, -0.25) is 0 Å². The van der Waals surface area contributed by atoms with Gasteiger partial charge in [-0.1, -0.05) is 12.1 Å². The lowest BCUT2D eigenvalue weighted by Gasteiger charge is -2.21. The molecule has 94 valence electrons. The monoisotopic (exact) mass is 244 g/mol. The van der Waals surface area contributed by atoms with Crippen LogP contribution >= 0.6 is 0 Å². The molecule has 18 heavy (non-hydrogen) atoms. The molecule has 0 radical (unpaired) electrons. The van der Waals surface area contributed by atoms with Crippen LogP contribution in [0, 0.1) is 0 Å². The van der Waals surface area contributed by atoms with E-state index in [0.717, 1.165) is 36.8 Å². The lowest BCUT2D eigenvalue weighted by atomic mass is 9.87. The highest BCUT2D eigenvalue weighted by Crippen LogP contribution is 2.45. The van der Waals surface area contributed by atoms with E-state index >= 15 is 0 Å². The van der Waals surface area contributed by atoms with Gasteiger partial charge in [0.2, 0.25) is 0 Å². The highest BCUT2D eigenvalue weighted by Gasteiger charge is 2.22. The highest BCUT2D eigenvalue weighted by molar-refractivity contribution is 5.99. The maximum Gasteiger partial charge on any atom is 0.130 e. The van der Waals surface area contributed by atoms with Gasteiger partial charge >= 0.3 is 0 Å². The number of hydrogen-bond acceptors (Lipinski definition) is 3. The lowest BCUT2D eigenvalue weighted by molar-refractivity contribution is 0.413. The van der Waals surface area contributed by atoms with Crippen molar-refractivity contribution in [3.05, 3.63) is 29.3 Å². The maximum absolute atomic E-state index is 10.4. The SMILES string of the molecule is COc1cccc2c(O)c3c(c(O)c12)CCCC3. The van der Waals surface area contributed by atoms with Gasteiger partial charge in [-0.15, -0.1) is 0 Å². The fourth-order valence-corrected chi connectivity index (χ4v) is 2.88. The van der Waals surface area contributed by atoms with Crippen molar-refractivity contribution in [2.75, 3.05) is 7.11 Å². The van der Waals surface area contributed by atoms with Crippen molar-refractivity contribution < 1.29 is 14.9 Å². The Bertz CT molecular complexity index is 617. The summed E-state index contributed by atoms with van der Waals surface area (Å²) in [7, 11) is 1.57. The van der Waals surface area contributed by atoms with Gasteiger partial charge < -0.3 is 14.9 Å². The molecule has 1 aliphatic rings. The second kappa shape index (κ2) is 4.09. The van der Waals surface area contributed by atoms with E-state index < -0.39 is 0 Å². The van der Waals surface area contributed by atoms with E-state index in [0.29, 0.717) is 22.3 Å². The Morgan fingerprint density at radius 2 is 1.67 bits per heavy atom. The second-order valence-corrected chi connectivity index (χ2v) is 4.74. The van der Waals surface area contributed by atoms with Gasteiger partial charge in [0.05, 0.1) is 12.5 Å². The topological polar surface area (TPSA) is 49.7 Å². The minimum absolute atomic E-state index is 0.273. The van der Waals surface area contributed by atoms with Gasteiger partial charge in [-0.05, 0) is 31.7 Å². The zero-order valence-electron chi connectivity index (χ0n) is 10.4. The van der Waals surface area contributed by atoms with E-state index in [-0.39, 0.29) is 5.75 Å². The van der Waals surface area contributed by atoms with Crippen LogP contribution in [0.15, 0.2) is 18.2 Å². The zero-order chi connectivity index (χ0) is 12.7. The quantitative estimate of drug-likeness (QED) is 0.758. The molecule has 1 aliphatic carbocycles. The summed E-state index contributed by atoms with van der Waals surface area (Å²) in [5.74, 6) is 1.18. The molecule has 0 heterocycles. The summed E-state index contributed by atoms with van der Waals surface area (Å²) < 4.78 is 5.28. The molecule has 0 atom stereocenters. The van der Waals surface area contributed by atoms with Gasteiger partial charge in [-0.2, -0.15) is 0 Å². The van der Waals surface area contributed by atoms with Crippen molar-refractivity contribution in [3.63, 3.8) is 0 Å². The number of phenolic OH excluding ortho intramolecular Hbond substituents is 2. The van der Waals surface area contributed by atoms with Crippen LogP contribution in [0.1, 0.15) is 24.0 Å². The molecule has 0 fully saturated rings. The molecule has 3 rings (SSSR count). The van der Waals surface area contributed by atoms with Crippen LogP contribution in [0.3, 0.4) is 0 Å². The Kier molecular flexibility index (Phi) is 2.54. The molecule has 0 saturated heterocycles. The first-order valence-electron chi connectivity index (χ1n) is 6.26. The number of ether oxygens (including phenoxy) is 1. The van der Waals surface area contributed by atoms with Gasteiger partial charge in [0.1, 0.15) is 17.2 Å². The van der Waals surface area contributed by atoms with Crippen LogP contribution in [0.5, 0.6) is 17.2 Å². The molecule has 2 aromatic carbocycles. The van der Waals surface area contributed by atoms with Crippen molar-refractivity contribution in [1.29, 1.82) is 0 Å². The van der Waals surface area contributed by atoms with E-state index in [1.807, 2.05) is 12.1 Å². The molecule has 0 unspecified atom stereocenters. The first-order valence-corrected chi connectivity index (χ1v) is 6.26. The maximum atomic E-state index is 10.4. The summed E-state index contributed by atoms with van der Waals surface area (Å²) in [6.45, 7) is 0. The highest BCUT2D eigenvalue weighted by atomic mass is 16.5. The number of hydrogen-bond donors (Lipinski definition) is 2. The minimum Gasteiger partial charge on any atom is -0.507 e. The van der Waals surface area contributed by atoms with Crippen LogP contribution in [0.4, 0.5) is 0 Å². The summed E-state index contributed by atoms with van der Waals surface area (Å²) in [5, 5.41) is 22.1. The average molecular weight is 244 g/mol. The Labute approximate surface area is 106 Å². The third-order valence-electron chi connectivity index (χ3n) is 3.78. The van der Waals surface area contributed by atoms with E-state index in [1.54, 1.807) is 13.2 Å². The van der Waals surface area contributed by atoms with Crippen LogP contribution in [-0.4, -0.2) is 17.3 Å². The summed E-state index contributed by atoms with van der Waals surface area (Å²) in [5.41, 5.74) is 1.79. The third kappa shape index (κ3) is 1.43. The van der Waals surface area contributed by atoms with Gasteiger partial charge in [-0.25, -0.2) is 0 Å². The standard InChI is InChI=1S/C15H16O3/c1-18-12-8-4-7-11-13(12)15(17)10-6-3-2-5-9(10)14(11)16/h4,7-8,16-17H,2-3,5-6H2,1H3. The van der Waals surface area contributed by atoms with Crippen LogP contribution < -0.4 is 4.74 Å². The van der Waals surface area contributed by atoms with Crippen molar-refractivity contribution in [3.8, 4) is 17.2 Å². The van der Waals surface area contributed by atoms with Crippen LogP contribution in [0.25, 0.3) is 10.8 Å². The Balaban J connectivity index is 2.44. The van der Waals surface area contributed by atoms with Crippen LogP contribution in [-0.2, 0) is 12.8 Å². The summed E-state index contributed by atoms with van der Waals surface area (Å²) >= 11 is 0. The first-order chi connectivity index (χ1) is 8.74. The number of fused-ring (bicyclic) bond motifs is 2. The van der Waals surface area contributed by atoms with E-state index in [2.05, 4.69) is 0 Å². The van der Waals surface area contributed by atoms with Crippen molar-refractivity contribution in [1.82, 2.24) is 0 Å². The number of phenols is 2. The molecule has 0 amide bonds. The number of rotatable bonds is 1. The number of methoxy groups -OCH3 is 1. The Morgan fingerprint density at radius 1 is 1.00 bits per heavy atom. The fraction of sp³-hybridized carbons (Fsp3) is 0.333.